The Morgan fingerprint density at radius 2 is 2.23 bits per heavy atom. The van der Waals surface area contributed by atoms with Crippen LogP contribution in [0.3, 0.4) is 0 Å². The highest BCUT2D eigenvalue weighted by molar-refractivity contribution is 5.07. The monoisotopic (exact) mass is 181 g/mol. The van der Waals surface area contributed by atoms with E-state index in [-0.39, 0.29) is 6.61 Å². The maximum atomic E-state index is 8.81. The third-order valence-corrected chi connectivity index (χ3v) is 2.30. The minimum absolute atomic E-state index is 0.232. The highest BCUT2D eigenvalue weighted by Crippen LogP contribution is 2.07. The average Bonchev–Trinajstić information content (AvgIpc) is 2.54. The predicted octanol–water partition coefficient (Wildman–Crippen LogP) is 2.21. The minimum atomic E-state index is 0.232. The highest BCUT2D eigenvalue weighted by Gasteiger charge is 1.98. The topological polar surface area (TPSA) is 25.2 Å². The number of aliphatic hydroxyl groups excluding tert-OH is 1. The van der Waals surface area contributed by atoms with Gasteiger partial charge in [0.15, 0.2) is 0 Å². The van der Waals surface area contributed by atoms with Gasteiger partial charge < -0.3 is 9.67 Å². The van der Waals surface area contributed by atoms with Gasteiger partial charge in [0, 0.05) is 18.4 Å². The van der Waals surface area contributed by atoms with Crippen LogP contribution in [0.15, 0.2) is 18.3 Å². The lowest BCUT2D eigenvalue weighted by atomic mass is 10.1. The van der Waals surface area contributed by atoms with Crippen molar-refractivity contribution in [2.75, 3.05) is 6.61 Å². The maximum Gasteiger partial charge on any atom is 0.0610 e. The molecule has 0 atom stereocenters. The van der Waals surface area contributed by atoms with Crippen molar-refractivity contribution < 1.29 is 5.11 Å². The van der Waals surface area contributed by atoms with Gasteiger partial charge in [-0.25, -0.2) is 0 Å². The quantitative estimate of drug-likeness (QED) is 0.669. The molecule has 0 spiro atoms. The summed E-state index contributed by atoms with van der Waals surface area (Å²) in [5.41, 5.74) is 1.35. The molecule has 0 saturated heterocycles. The summed E-state index contributed by atoms with van der Waals surface area (Å²) in [7, 11) is 0. The van der Waals surface area contributed by atoms with Gasteiger partial charge in [-0.05, 0) is 25.0 Å². The van der Waals surface area contributed by atoms with Crippen molar-refractivity contribution in [3.05, 3.63) is 24.0 Å². The summed E-state index contributed by atoms with van der Waals surface area (Å²) in [6, 6.07) is 4.20. The third kappa shape index (κ3) is 3.23. The molecule has 0 aliphatic carbocycles. The van der Waals surface area contributed by atoms with Crippen molar-refractivity contribution >= 4 is 0 Å². The molecule has 1 N–H and O–H groups in total. The average molecular weight is 181 g/mol. The van der Waals surface area contributed by atoms with Crippen LogP contribution in [-0.2, 0) is 13.0 Å². The fourth-order valence-electron chi connectivity index (χ4n) is 1.56. The number of aromatic nitrogens is 1. The number of hydrogen-bond donors (Lipinski definition) is 1. The first-order valence-corrected chi connectivity index (χ1v) is 5.13. The van der Waals surface area contributed by atoms with Gasteiger partial charge in [-0.3, -0.25) is 0 Å². The molecule has 0 fully saturated rings. The molecule has 1 aromatic heterocycles. The van der Waals surface area contributed by atoms with Crippen molar-refractivity contribution in [2.24, 2.45) is 0 Å². The van der Waals surface area contributed by atoms with Crippen LogP contribution < -0.4 is 0 Å². The van der Waals surface area contributed by atoms with E-state index in [1.807, 2.05) is 6.20 Å². The molecule has 2 nitrogen and oxygen atoms in total. The molecule has 0 aromatic carbocycles. The molecule has 1 heterocycles. The summed E-state index contributed by atoms with van der Waals surface area (Å²) in [6.45, 7) is 3.18. The second-order valence-corrected chi connectivity index (χ2v) is 3.37. The molecule has 0 bridgehead atoms. The molecule has 0 radical (unpaired) electrons. The largest absolute Gasteiger partial charge is 0.395 e. The summed E-state index contributed by atoms with van der Waals surface area (Å²) >= 11 is 0. The standard InChI is InChI=1S/C11H19NO/c1-2-3-4-6-11-7-5-8-12(11)9-10-13/h5,7-8,13H,2-4,6,9-10H2,1H3. The maximum absolute atomic E-state index is 8.81. The molecule has 1 aromatic rings. The van der Waals surface area contributed by atoms with Gasteiger partial charge in [-0.2, -0.15) is 0 Å². The lowest BCUT2D eigenvalue weighted by Gasteiger charge is -2.06. The molecule has 0 aliphatic rings. The summed E-state index contributed by atoms with van der Waals surface area (Å²) < 4.78 is 2.13. The summed E-state index contributed by atoms with van der Waals surface area (Å²) in [4.78, 5) is 0. The van der Waals surface area contributed by atoms with Crippen LogP contribution >= 0.6 is 0 Å². The van der Waals surface area contributed by atoms with E-state index in [1.165, 1.54) is 25.0 Å². The zero-order chi connectivity index (χ0) is 9.52. The Labute approximate surface area is 80.2 Å². The highest BCUT2D eigenvalue weighted by atomic mass is 16.3. The number of unbranched alkanes of at least 4 members (excludes halogenated alkanes) is 2. The second-order valence-electron chi connectivity index (χ2n) is 3.37. The van der Waals surface area contributed by atoms with Crippen LogP contribution in [0.1, 0.15) is 31.9 Å². The van der Waals surface area contributed by atoms with Crippen LogP contribution in [-0.4, -0.2) is 16.3 Å². The Morgan fingerprint density at radius 1 is 1.38 bits per heavy atom. The zero-order valence-corrected chi connectivity index (χ0v) is 8.37. The van der Waals surface area contributed by atoms with Crippen LogP contribution in [0.4, 0.5) is 0 Å². The molecule has 0 aliphatic heterocycles. The Balaban J connectivity index is 2.40. The lowest BCUT2D eigenvalue weighted by Crippen LogP contribution is -2.04. The van der Waals surface area contributed by atoms with E-state index in [4.69, 9.17) is 5.11 Å². The number of rotatable bonds is 6. The van der Waals surface area contributed by atoms with Crippen LogP contribution in [0.25, 0.3) is 0 Å². The first kappa shape index (κ1) is 10.3. The normalized spacial score (nSPS) is 10.6. The lowest BCUT2D eigenvalue weighted by molar-refractivity contribution is 0.274. The molecular formula is C11H19NO. The molecule has 13 heavy (non-hydrogen) atoms. The molecule has 0 amide bonds. The zero-order valence-electron chi connectivity index (χ0n) is 8.37. The van der Waals surface area contributed by atoms with Crippen molar-refractivity contribution in [3.63, 3.8) is 0 Å². The van der Waals surface area contributed by atoms with E-state index in [2.05, 4.69) is 23.6 Å². The molecule has 74 valence electrons. The van der Waals surface area contributed by atoms with Gasteiger partial charge in [0.05, 0.1) is 6.61 Å². The Hall–Kier alpha value is -0.760. The summed E-state index contributed by atoms with van der Waals surface area (Å²) in [5.74, 6) is 0. The summed E-state index contributed by atoms with van der Waals surface area (Å²) in [6.07, 6.45) is 7.00. The smallest absolute Gasteiger partial charge is 0.0610 e. The molecular weight excluding hydrogens is 162 g/mol. The van der Waals surface area contributed by atoms with Crippen molar-refractivity contribution in [1.82, 2.24) is 4.57 Å². The number of aryl methyl sites for hydroxylation is 1. The second kappa shape index (κ2) is 5.81. The number of nitrogens with zero attached hydrogens (tertiary/aromatic N) is 1. The van der Waals surface area contributed by atoms with Gasteiger partial charge in [0.2, 0.25) is 0 Å². The molecule has 0 saturated carbocycles. The fourth-order valence-corrected chi connectivity index (χ4v) is 1.56. The number of aliphatic hydroxyl groups is 1. The van der Waals surface area contributed by atoms with Crippen molar-refractivity contribution in [2.45, 2.75) is 39.2 Å². The predicted molar refractivity (Wildman–Crippen MR) is 54.7 cm³/mol. The first-order valence-electron chi connectivity index (χ1n) is 5.13. The minimum Gasteiger partial charge on any atom is -0.395 e. The molecule has 2 heteroatoms. The van der Waals surface area contributed by atoms with E-state index in [0.29, 0.717) is 0 Å². The molecule has 1 rings (SSSR count). The number of hydrogen-bond acceptors (Lipinski definition) is 1. The van der Waals surface area contributed by atoms with Crippen LogP contribution in [0.5, 0.6) is 0 Å². The summed E-state index contributed by atoms with van der Waals surface area (Å²) in [5, 5.41) is 8.81. The van der Waals surface area contributed by atoms with E-state index in [1.54, 1.807) is 0 Å². The van der Waals surface area contributed by atoms with Gasteiger partial charge in [-0.1, -0.05) is 19.8 Å². The van der Waals surface area contributed by atoms with Gasteiger partial charge in [0.1, 0.15) is 0 Å². The van der Waals surface area contributed by atoms with E-state index >= 15 is 0 Å². The van der Waals surface area contributed by atoms with Gasteiger partial charge >= 0.3 is 0 Å². The Kier molecular flexibility index (Phi) is 4.61. The SMILES string of the molecule is CCCCCc1cccn1CCO. The Bertz CT molecular complexity index is 230. The van der Waals surface area contributed by atoms with Gasteiger partial charge in [-0.15, -0.1) is 0 Å². The van der Waals surface area contributed by atoms with E-state index in [9.17, 15) is 0 Å². The van der Waals surface area contributed by atoms with Crippen molar-refractivity contribution in [1.29, 1.82) is 0 Å². The fraction of sp³-hybridized carbons (Fsp3) is 0.636. The van der Waals surface area contributed by atoms with E-state index < -0.39 is 0 Å². The third-order valence-electron chi connectivity index (χ3n) is 2.30. The molecule has 0 unspecified atom stereocenters. The van der Waals surface area contributed by atoms with E-state index in [0.717, 1.165) is 13.0 Å². The Morgan fingerprint density at radius 3 is 2.92 bits per heavy atom. The first-order chi connectivity index (χ1) is 6.38. The van der Waals surface area contributed by atoms with Crippen LogP contribution in [0.2, 0.25) is 0 Å². The van der Waals surface area contributed by atoms with Crippen LogP contribution in [0, 0.1) is 0 Å². The van der Waals surface area contributed by atoms with Gasteiger partial charge in [0.25, 0.3) is 0 Å². The van der Waals surface area contributed by atoms with Crippen molar-refractivity contribution in [3.8, 4) is 0 Å².